The number of aryl methyl sites for hydroxylation is 1. The van der Waals surface area contributed by atoms with Gasteiger partial charge >= 0.3 is 5.97 Å². The zero-order valence-corrected chi connectivity index (χ0v) is 9.03. The van der Waals surface area contributed by atoms with E-state index in [1.54, 1.807) is 12.1 Å². The second-order valence-electron chi connectivity index (χ2n) is 3.50. The fourth-order valence-electron chi connectivity index (χ4n) is 1.18. The van der Waals surface area contributed by atoms with Gasteiger partial charge in [-0.15, -0.1) is 0 Å². The predicted molar refractivity (Wildman–Crippen MR) is 59.7 cm³/mol. The summed E-state index contributed by atoms with van der Waals surface area (Å²) in [6, 6.07) is 7.36. The summed E-state index contributed by atoms with van der Waals surface area (Å²) in [6.07, 6.45) is 1.72. The molecule has 0 heterocycles. The molecule has 15 heavy (non-hydrogen) atoms. The maximum Gasteiger partial charge on any atom is 0.338 e. The molecule has 3 heteroatoms. The van der Waals surface area contributed by atoms with Gasteiger partial charge in [0.05, 0.1) is 12.2 Å². The Morgan fingerprint density at radius 1 is 1.27 bits per heavy atom. The van der Waals surface area contributed by atoms with E-state index in [0.717, 1.165) is 18.4 Å². The number of carbonyl (C=O) groups is 1. The third-order valence-corrected chi connectivity index (χ3v) is 2.12. The van der Waals surface area contributed by atoms with Crippen LogP contribution in [0.1, 0.15) is 28.8 Å². The van der Waals surface area contributed by atoms with Crippen molar-refractivity contribution in [3.8, 4) is 0 Å². The summed E-state index contributed by atoms with van der Waals surface area (Å²) in [6.45, 7) is 3.07. The average molecular weight is 207 g/mol. The highest BCUT2D eigenvalue weighted by Crippen LogP contribution is 2.05. The average Bonchev–Trinajstić information content (AvgIpc) is 2.25. The Morgan fingerprint density at radius 3 is 2.53 bits per heavy atom. The number of unbranched alkanes of at least 4 members (excludes halogenated alkanes) is 1. The van der Waals surface area contributed by atoms with Gasteiger partial charge in [-0.05, 0) is 38.4 Å². The van der Waals surface area contributed by atoms with Crippen molar-refractivity contribution in [1.29, 1.82) is 0 Å². The van der Waals surface area contributed by atoms with Gasteiger partial charge in [0, 0.05) is 0 Å². The van der Waals surface area contributed by atoms with Crippen LogP contribution < -0.4 is 5.73 Å². The minimum absolute atomic E-state index is 0.257. The Bertz CT molecular complexity index is 306. The van der Waals surface area contributed by atoms with E-state index in [2.05, 4.69) is 0 Å². The molecule has 0 spiro atoms. The third kappa shape index (κ3) is 4.13. The second-order valence-corrected chi connectivity index (χ2v) is 3.50. The molecule has 0 aromatic heterocycles. The van der Waals surface area contributed by atoms with Gasteiger partial charge < -0.3 is 10.5 Å². The largest absolute Gasteiger partial charge is 0.462 e. The Kier molecular flexibility index (Phi) is 4.84. The molecule has 0 atom stereocenters. The molecule has 0 saturated carbocycles. The number of benzene rings is 1. The highest BCUT2D eigenvalue weighted by atomic mass is 16.5. The molecule has 1 aromatic rings. The molecule has 0 unspecified atom stereocenters. The highest BCUT2D eigenvalue weighted by molar-refractivity contribution is 5.89. The van der Waals surface area contributed by atoms with Crippen LogP contribution in [0.3, 0.4) is 0 Å². The number of carbonyl (C=O) groups excluding carboxylic acids is 1. The SMILES string of the molecule is Cc1ccc(C(=O)OCCCCN)cc1. The van der Waals surface area contributed by atoms with E-state index in [1.165, 1.54) is 0 Å². The molecular weight excluding hydrogens is 190 g/mol. The van der Waals surface area contributed by atoms with E-state index >= 15 is 0 Å². The number of ether oxygens (including phenoxy) is 1. The molecule has 0 aliphatic carbocycles. The number of nitrogens with two attached hydrogens (primary N) is 1. The maximum atomic E-state index is 11.5. The van der Waals surface area contributed by atoms with Crippen LogP contribution in [0.2, 0.25) is 0 Å². The van der Waals surface area contributed by atoms with Gasteiger partial charge in [0.2, 0.25) is 0 Å². The molecule has 0 radical (unpaired) electrons. The van der Waals surface area contributed by atoms with Crippen molar-refractivity contribution in [2.75, 3.05) is 13.2 Å². The number of esters is 1. The molecule has 0 aliphatic heterocycles. The van der Waals surface area contributed by atoms with Crippen LogP contribution in [0.25, 0.3) is 0 Å². The van der Waals surface area contributed by atoms with Crippen LogP contribution in [-0.4, -0.2) is 19.1 Å². The van der Waals surface area contributed by atoms with Crippen molar-refractivity contribution in [1.82, 2.24) is 0 Å². The van der Waals surface area contributed by atoms with Crippen LogP contribution >= 0.6 is 0 Å². The van der Waals surface area contributed by atoms with Gasteiger partial charge in [-0.25, -0.2) is 4.79 Å². The van der Waals surface area contributed by atoms with Crippen molar-refractivity contribution < 1.29 is 9.53 Å². The Morgan fingerprint density at radius 2 is 1.93 bits per heavy atom. The van der Waals surface area contributed by atoms with E-state index in [9.17, 15) is 4.79 Å². The standard InChI is InChI=1S/C12H17NO2/c1-10-4-6-11(7-5-10)12(14)15-9-3-2-8-13/h4-7H,2-3,8-9,13H2,1H3. The van der Waals surface area contributed by atoms with Gasteiger partial charge in [-0.1, -0.05) is 17.7 Å². The second kappa shape index (κ2) is 6.19. The quantitative estimate of drug-likeness (QED) is 0.592. The van der Waals surface area contributed by atoms with E-state index in [-0.39, 0.29) is 5.97 Å². The topological polar surface area (TPSA) is 52.3 Å². The first-order valence-corrected chi connectivity index (χ1v) is 5.18. The Hall–Kier alpha value is -1.35. The van der Waals surface area contributed by atoms with Gasteiger partial charge in [0.15, 0.2) is 0 Å². The minimum atomic E-state index is -0.257. The zero-order valence-electron chi connectivity index (χ0n) is 9.03. The summed E-state index contributed by atoms with van der Waals surface area (Å²) in [5.74, 6) is -0.257. The number of hydrogen-bond acceptors (Lipinski definition) is 3. The summed E-state index contributed by atoms with van der Waals surface area (Å²) in [7, 11) is 0. The van der Waals surface area contributed by atoms with E-state index < -0.39 is 0 Å². The van der Waals surface area contributed by atoms with Crippen LogP contribution in [-0.2, 0) is 4.74 Å². The number of rotatable bonds is 5. The van der Waals surface area contributed by atoms with Crippen molar-refractivity contribution in [2.24, 2.45) is 5.73 Å². The van der Waals surface area contributed by atoms with Crippen LogP contribution in [0, 0.1) is 6.92 Å². The summed E-state index contributed by atoms with van der Waals surface area (Å²) < 4.78 is 5.08. The smallest absolute Gasteiger partial charge is 0.338 e. The van der Waals surface area contributed by atoms with Gasteiger partial charge in [-0.3, -0.25) is 0 Å². The molecule has 0 aliphatic rings. The molecule has 0 bridgehead atoms. The summed E-state index contributed by atoms with van der Waals surface area (Å²) in [5, 5.41) is 0. The van der Waals surface area contributed by atoms with Crippen molar-refractivity contribution >= 4 is 5.97 Å². The molecule has 3 nitrogen and oxygen atoms in total. The van der Waals surface area contributed by atoms with Crippen molar-refractivity contribution in [2.45, 2.75) is 19.8 Å². The monoisotopic (exact) mass is 207 g/mol. The van der Waals surface area contributed by atoms with E-state index in [0.29, 0.717) is 18.7 Å². The lowest BCUT2D eigenvalue weighted by Crippen LogP contribution is -2.08. The van der Waals surface area contributed by atoms with Gasteiger partial charge in [0.25, 0.3) is 0 Å². The fourth-order valence-corrected chi connectivity index (χ4v) is 1.18. The minimum Gasteiger partial charge on any atom is -0.462 e. The van der Waals surface area contributed by atoms with Crippen LogP contribution in [0.4, 0.5) is 0 Å². The first kappa shape index (κ1) is 11.7. The van der Waals surface area contributed by atoms with Gasteiger partial charge in [0.1, 0.15) is 0 Å². The number of hydrogen-bond donors (Lipinski definition) is 1. The Labute approximate surface area is 90.2 Å². The van der Waals surface area contributed by atoms with Crippen LogP contribution in [0.5, 0.6) is 0 Å². The van der Waals surface area contributed by atoms with E-state index in [1.807, 2.05) is 19.1 Å². The summed E-state index contributed by atoms with van der Waals surface area (Å²) >= 11 is 0. The summed E-state index contributed by atoms with van der Waals surface area (Å²) in [4.78, 5) is 11.5. The maximum absolute atomic E-state index is 11.5. The lowest BCUT2D eigenvalue weighted by atomic mass is 10.1. The zero-order chi connectivity index (χ0) is 11.1. The van der Waals surface area contributed by atoms with Crippen molar-refractivity contribution in [3.63, 3.8) is 0 Å². The predicted octanol–water partition coefficient (Wildman–Crippen LogP) is 1.89. The molecule has 82 valence electrons. The molecule has 1 rings (SSSR count). The molecule has 0 fully saturated rings. The molecule has 1 aromatic carbocycles. The van der Waals surface area contributed by atoms with Crippen LogP contribution in [0.15, 0.2) is 24.3 Å². The first-order chi connectivity index (χ1) is 7.24. The summed E-state index contributed by atoms with van der Waals surface area (Å²) in [5.41, 5.74) is 7.07. The van der Waals surface area contributed by atoms with Crippen molar-refractivity contribution in [3.05, 3.63) is 35.4 Å². The molecular formula is C12H17NO2. The molecule has 2 N–H and O–H groups in total. The lowest BCUT2D eigenvalue weighted by molar-refractivity contribution is 0.0499. The third-order valence-electron chi connectivity index (χ3n) is 2.12. The fraction of sp³-hybridized carbons (Fsp3) is 0.417. The molecule has 0 amide bonds. The first-order valence-electron chi connectivity index (χ1n) is 5.18. The normalized spacial score (nSPS) is 10.0. The Balaban J connectivity index is 2.37. The van der Waals surface area contributed by atoms with Gasteiger partial charge in [-0.2, -0.15) is 0 Å². The van der Waals surface area contributed by atoms with E-state index in [4.69, 9.17) is 10.5 Å². The lowest BCUT2D eigenvalue weighted by Gasteiger charge is -2.04. The molecule has 0 saturated heterocycles. The highest BCUT2D eigenvalue weighted by Gasteiger charge is 2.05.